The van der Waals surface area contributed by atoms with Gasteiger partial charge in [0.2, 0.25) is 5.95 Å². The second kappa shape index (κ2) is 11.4. The first-order valence-electron chi connectivity index (χ1n) is 14.3. The third-order valence-electron chi connectivity index (χ3n) is 9.37. The Hall–Kier alpha value is -2.09. The number of benzene rings is 1. The lowest BCUT2D eigenvalue weighted by atomic mass is 9.65. The summed E-state index contributed by atoms with van der Waals surface area (Å²) in [6.45, 7) is 12.0. The SMILES string of the molecule is Cc1ccc([C@@H](C)Nc2nc(N3CCC[C@@H](C4CCN(C5CC(C)(C(=O)O)C5)CC4)C3)nc(C)c2Cl)c(Cl)c1. The van der Waals surface area contributed by atoms with Crippen molar-refractivity contribution in [3.05, 3.63) is 45.1 Å². The molecule has 3 fully saturated rings. The number of aromatic nitrogens is 2. The average Bonchev–Trinajstić information content (AvgIpc) is 2.89. The number of aliphatic carboxylic acids is 1. The van der Waals surface area contributed by atoms with E-state index in [9.17, 15) is 9.90 Å². The maximum absolute atomic E-state index is 11.5. The van der Waals surface area contributed by atoms with E-state index in [4.69, 9.17) is 33.2 Å². The van der Waals surface area contributed by atoms with Crippen molar-refractivity contribution < 1.29 is 9.90 Å². The van der Waals surface area contributed by atoms with Crippen LogP contribution in [0.3, 0.4) is 0 Å². The molecule has 0 spiro atoms. The number of halogens is 2. The van der Waals surface area contributed by atoms with Crippen LogP contribution in [0.25, 0.3) is 0 Å². The van der Waals surface area contributed by atoms with E-state index in [0.29, 0.717) is 28.7 Å². The molecule has 2 atom stereocenters. The van der Waals surface area contributed by atoms with Crippen LogP contribution in [-0.2, 0) is 4.79 Å². The summed E-state index contributed by atoms with van der Waals surface area (Å²) in [5, 5.41) is 14.2. The number of hydrogen-bond acceptors (Lipinski definition) is 6. The molecule has 2 saturated heterocycles. The first kappa shape index (κ1) is 28.4. The minimum Gasteiger partial charge on any atom is -0.481 e. The van der Waals surface area contributed by atoms with Crippen LogP contribution >= 0.6 is 23.2 Å². The van der Waals surface area contributed by atoms with E-state index >= 15 is 0 Å². The van der Waals surface area contributed by atoms with E-state index in [-0.39, 0.29) is 6.04 Å². The predicted molar refractivity (Wildman–Crippen MR) is 158 cm³/mol. The van der Waals surface area contributed by atoms with E-state index in [2.05, 4.69) is 34.2 Å². The summed E-state index contributed by atoms with van der Waals surface area (Å²) in [7, 11) is 0. The van der Waals surface area contributed by atoms with Crippen molar-refractivity contribution >= 4 is 40.9 Å². The Balaban J connectivity index is 1.21. The highest BCUT2D eigenvalue weighted by Crippen LogP contribution is 2.45. The first-order valence-corrected chi connectivity index (χ1v) is 15.1. The second-order valence-electron chi connectivity index (χ2n) is 12.3. The van der Waals surface area contributed by atoms with E-state index in [1.165, 1.54) is 19.3 Å². The quantitative estimate of drug-likeness (QED) is 0.378. The van der Waals surface area contributed by atoms with Gasteiger partial charge in [0, 0.05) is 24.2 Å². The van der Waals surface area contributed by atoms with Gasteiger partial charge in [0.05, 0.1) is 17.2 Å². The Labute approximate surface area is 242 Å². The van der Waals surface area contributed by atoms with Gasteiger partial charge in [-0.3, -0.25) is 4.79 Å². The molecule has 1 aromatic carbocycles. The minimum absolute atomic E-state index is 0.0546. The van der Waals surface area contributed by atoms with E-state index in [0.717, 1.165) is 73.2 Å². The number of nitrogens with zero attached hydrogens (tertiary/aromatic N) is 4. The standard InChI is InChI=1S/C30H41Cl2N5O2/c1-18-7-8-24(25(31)14-18)19(2)33-27-26(32)20(3)34-29(35-27)37-11-5-6-22(17-37)21-9-12-36(13-10-21)23-15-30(4,16-23)28(38)39/h7-8,14,19,21-23H,5-6,9-13,15-17H2,1-4H3,(H,38,39)(H,33,34,35)/t19-,22-,23?,30?/m1/s1. The molecular formula is C30H41Cl2N5O2. The fraction of sp³-hybridized carbons (Fsp3) is 0.633. The van der Waals surface area contributed by atoms with Crippen molar-refractivity contribution in [2.24, 2.45) is 17.3 Å². The fourth-order valence-electron chi connectivity index (χ4n) is 6.79. The molecule has 0 bridgehead atoms. The summed E-state index contributed by atoms with van der Waals surface area (Å²) in [4.78, 5) is 26.1. The number of aryl methyl sites for hydroxylation is 2. The molecule has 1 aliphatic carbocycles. The Morgan fingerprint density at radius 2 is 1.82 bits per heavy atom. The fourth-order valence-corrected chi connectivity index (χ4v) is 7.33. The van der Waals surface area contributed by atoms with Gasteiger partial charge in [0.1, 0.15) is 5.02 Å². The molecule has 3 aliphatic rings. The van der Waals surface area contributed by atoms with Crippen molar-refractivity contribution in [2.45, 2.75) is 78.3 Å². The molecule has 2 aliphatic heterocycles. The topological polar surface area (TPSA) is 81.6 Å². The monoisotopic (exact) mass is 573 g/mol. The summed E-state index contributed by atoms with van der Waals surface area (Å²) in [6, 6.07) is 6.47. The molecule has 3 heterocycles. The van der Waals surface area contributed by atoms with Crippen molar-refractivity contribution in [3.63, 3.8) is 0 Å². The van der Waals surface area contributed by atoms with Crippen molar-refractivity contribution in [3.8, 4) is 0 Å². The van der Waals surface area contributed by atoms with Gasteiger partial charge in [-0.05, 0) is 108 Å². The molecule has 39 heavy (non-hydrogen) atoms. The molecule has 1 aromatic heterocycles. The van der Waals surface area contributed by atoms with Gasteiger partial charge >= 0.3 is 5.97 Å². The zero-order valence-electron chi connectivity index (χ0n) is 23.5. The highest BCUT2D eigenvalue weighted by atomic mass is 35.5. The van der Waals surface area contributed by atoms with Crippen LogP contribution in [0.15, 0.2) is 18.2 Å². The smallest absolute Gasteiger partial charge is 0.309 e. The minimum atomic E-state index is -0.651. The average molecular weight is 575 g/mol. The maximum Gasteiger partial charge on any atom is 0.309 e. The normalized spacial score (nSPS) is 27.2. The highest BCUT2D eigenvalue weighted by Gasteiger charge is 2.49. The molecule has 212 valence electrons. The zero-order valence-corrected chi connectivity index (χ0v) is 25.0. The summed E-state index contributed by atoms with van der Waals surface area (Å²) in [5.41, 5.74) is 2.38. The summed E-state index contributed by atoms with van der Waals surface area (Å²) >= 11 is 13.2. The summed E-state index contributed by atoms with van der Waals surface area (Å²) < 4.78 is 0. The van der Waals surface area contributed by atoms with Crippen LogP contribution in [0.1, 0.15) is 75.2 Å². The van der Waals surface area contributed by atoms with E-state index < -0.39 is 11.4 Å². The highest BCUT2D eigenvalue weighted by molar-refractivity contribution is 6.33. The maximum atomic E-state index is 11.5. The van der Waals surface area contributed by atoms with Crippen LogP contribution in [0.2, 0.25) is 10.0 Å². The van der Waals surface area contributed by atoms with E-state index in [1.54, 1.807) is 0 Å². The van der Waals surface area contributed by atoms with Gasteiger partial charge in [-0.15, -0.1) is 0 Å². The van der Waals surface area contributed by atoms with Crippen molar-refractivity contribution in [1.29, 1.82) is 0 Å². The first-order chi connectivity index (χ1) is 18.5. The van der Waals surface area contributed by atoms with Gasteiger partial charge in [0.25, 0.3) is 0 Å². The number of anilines is 2. The number of likely N-dealkylation sites (tertiary alicyclic amines) is 1. The molecule has 5 rings (SSSR count). The number of hydrogen-bond donors (Lipinski definition) is 2. The van der Waals surface area contributed by atoms with Gasteiger partial charge in [-0.25, -0.2) is 4.98 Å². The summed E-state index contributed by atoms with van der Waals surface area (Å²) in [6.07, 6.45) is 6.29. The lowest BCUT2D eigenvalue weighted by Crippen LogP contribution is -2.55. The Kier molecular flexibility index (Phi) is 8.33. The largest absolute Gasteiger partial charge is 0.481 e. The molecule has 1 saturated carbocycles. The Bertz CT molecular complexity index is 1210. The van der Waals surface area contributed by atoms with Crippen LogP contribution in [0.5, 0.6) is 0 Å². The number of carboxylic acids is 1. The number of nitrogens with one attached hydrogen (secondary N) is 1. The van der Waals surface area contributed by atoms with Crippen molar-refractivity contribution in [2.75, 3.05) is 36.4 Å². The van der Waals surface area contributed by atoms with E-state index in [1.807, 2.05) is 26.8 Å². The lowest BCUT2D eigenvalue weighted by Gasteiger charge is -2.50. The number of piperidine rings is 2. The Morgan fingerprint density at radius 1 is 1.10 bits per heavy atom. The number of rotatable bonds is 7. The number of carboxylic acid groups (broad SMARTS) is 1. The molecule has 7 nitrogen and oxygen atoms in total. The van der Waals surface area contributed by atoms with Crippen molar-refractivity contribution in [1.82, 2.24) is 14.9 Å². The number of carbonyl (C=O) groups is 1. The third-order valence-corrected chi connectivity index (χ3v) is 10.1. The van der Waals surface area contributed by atoms with Gasteiger partial charge in [0.15, 0.2) is 5.82 Å². The zero-order chi connectivity index (χ0) is 27.9. The van der Waals surface area contributed by atoms with Gasteiger partial charge < -0.3 is 20.2 Å². The molecule has 2 N–H and O–H groups in total. The molecular weight excluding hydrogens is 533 g/mol. The predicted octanol–water partition coefficient (Wildman–Crippen LogP) is 6.76. The molecule has 0 radical (unpaired) electrons. The van der Waals surface area contributed by atoms with Crippen LogP contribution in [0, 0.1) is 31.1 Å². The van der Waals surface area contributed by atoms with Crippen LogP contribution in [0.4, 0.5) is 11.8 Å². The second-order valence-corrected chi connectivity index (χ2v) is 13.1. The Morgan fingerprint density at radius 3 is 2.49 bits per heavy atom. The van der Waals surface area contributed by atoms with Gasteiger partial charge in [-0.2, -0.15) is 4.98 Å². The molecule has 9 heteroatoms. The lowest BCUT2D eigenvalue weighted by molar-refractivity contribution is -0.158. The summed E-state index contributed by atoms with van der Waals surface area (Å²) in [5.74, 6) is 2.04. The molecule has 0 unspecified atom stereocenters. The third kappa shape index (κ3) is 6.01. The molecule has 0 amide bonds. The van der Waals surface area contributed by atoms with Crippen LogP contribution < -0.4 is 10.2 Å². The molecule has 2 aromatic rings. The van der Waals surface area contributed by atoms with Crippen LogP contribution in [-0.4, -0.2) is 58.2 Å². The van der Waals surface area contributed by atoms with Gasteiger partial charge in [-0.1, -0.05) is 35.3 Å².